The van der Waals surface area contributed by atoms with Gasteiger partial charge in [-0.2, -0.15) is 5.10 Å². The van der Waals surface area contributed by atoms with E-state index in [0.29, 0.717) is 11.4 Å². The summed E-state index contributed by atoms with van der Waals surface area (Å²) in [5.41, 5.74) is 1.75. The summed E-state index contributed by atoms with van der Waals surface area (Å²) in [6.07, 6.45) is 3.04. The van der Waals surface area contributed by atoms with E-state index < -0.39 is 0 Å². The molecule has 140 valence electrons. The van der Waals surface area contributed by atoms with Crippen molar-refractivity contribution in [2.24, 2.45) is 0 Å². The second-order valence-corrected chi connectivity index (χ2v) is 7.44. The highest BCUT2D eigenvalue weighted by Crippen LogP contribution is 2.27. The van der Waals surface area contributed by atoms with Crippen molar-refractivity contribution in [1.29, 1.82) is 0 Å². The van der Waals surface area contributed by atoms with E-state index in [2.05, 4.69) is 25.7 Å². The Bertz CT molecular complexity index is 1070. The first-order chi connectivity index (χ1) is 13.7. The molecular formula is C18H14N6O2S2. The van der Waals surface area contributed by atoms with Crippen molar-refractivity contribution in [1.82, 2.24) is 25.1 Å². The van der Waals surface area contributed by atoms with Gasteiger partial charge in [0.05, 0.1) is 17.1 Å². The predicted molar refractivity (Wildman–Crippen MR) is 108 cm³/mol. The molecule has 4 aromatic rings. The van der Waals surface area contributed by atoms with Gasteiger partial charge in [0.2, 0.25) is 5.91 Å². The van der Waals surface area contributed by atoms with E-state index >= 15 is 0 Å². The number of aromatic nitrogens is 4. The monoisotopic (exact) mass is 410 g/mol. The normalized spacial score (nSPS) is 10.6. The molecule has 8 nitrogen and oxygen atoms in total. The molecule has 2 N–H and O–H groups in total. The van der Waals surface area contributed by atoms with Gasteiger partial charge in [0.1, 0.15) is 23.4 Å². The molecule has 3 heterocycles. The predicted octanol–water partition coefficient (Wildman–Crippen LogP) is 2.82. The van der Waals surface area contributed by atoms with Crippen LogP contribution in [0.4, 0.5) is 5.69 Å². The second kappa shape index (κ2) is 8.11. The number of nitrogens with one attached hydrogen (secondary N) is 2. The fourth-order valence-corrected chi connectivity index (χ4v) is 4.00. The lowest BCUT2D eigenvalue weighted by Gasteiger charge is -2.07. The van der Waals surface area contributed by atoms with Crippen molar-refractivity contribution >= 4 is 40.2 Å². The molecule has 3 aromatic heterocycles. The van der Waals surface area contributed by atoms with E-state index in [4.69, 9.17) is 0 Å². The number of amides is 2. The van der Waals surface area contributed by atoms with Crippen LogP contribution in [0, 0.1) is 0 Å². The minimum atomic E-state index is -0.379. The lowest BCUT2D eigenvalue weighted by molar-refractivity contribution is -0.115. The molecular weight excluding hydrogens is 396 g/mol. The molecule has 10 heteroatoms. The summed E-state index contributed by atoms with van der Waals surface area (Å²) in [6.45, 7) is -0.143. The molecule has 0 bridgehead atoms. The number of nitrogens with zero attached hydrogens (tertiary/aromatic N) is 4. The summed E-state index contributed by atoms with van der Waals surface area (Å²) in [5, 5.41) is 13.8. The van der Waals surface area contributed by atoms with Gasteiger partial charge in [-0.15, -0.1) is 22.7 Å². The highest BCUT2D eigenvalue weighted by atomic mass is 32.1. The van der Waals surface area contributed by atoms with E-state index in [-0.39, 0.29) is 18.4 Å². The average molecular weight is 410 g/mol. The van der Waals surface area contributed by atoms with E-state index in [1.165, 1.54) is 17.7 Å². The first kappa shape index (κ1) is 18.0. The minimum absolute atomic E-state index is 0.143. The molecule has 0 aliphatic heterocycles. The molecule has 0 spiro atoms. The summed E-state index contributed by atoms with van der Waals surface area (Å²) in [6, 6.07) is 11.0. The number of hydrogen-bond acceptors (Lipinski definition) is 7. The van der Waals surface area contributed by atoms with Crippen LogP contribution in [0.3, 0.4) is 0 Å². The third-order valence-electron chi connectivity index (χ3n) is 3.71. The van der Waals surface area contributed by atoms with Gasteiger partial charge in [-0.1, -0.05) is 6.07 Å². The van der Waals surface area contributed by atoms with Crippen LogP contribution in [0.5, 0.6) is 0 Å². The Kier molecular flexibility index (Phi) is 5.22. The van der Waals surface area contributed by atoms with Gasteiger partial charge >= 0.3 is 0 Å². The molecule has 28 heavy (non-hydrogen) atoms. The van der Waals surface area contributed by atoms with Crippen LogP contribution in [0.15, 0.2) is 59.8 Å². The molecule has 0 saturated heterocycles. The van der Waals surface area contributed by atoms with Gasteiger partial charge in [-0.05, 0) is 35.7 Å². The lowest BCUT2D eigenvalue weighted by Crippen LogP contribution is -2.33. The Morgan fingerprint density at radius 3 is 2.68 bits per heavy atom. The molecule has 0 unspecified atom stereocenters. The number of rotatable bonds is 6. The average Bonchev–Trinajstić information content (AvgIpc) is 3.48. The standard InChI is InChI=1S/C18H14N6O2S2/c25-16(22-12-3-5-13(6-4-12)24-11-19-10-21-24)8-20-17(26)14-9-28-18(23-14)15-2-1-7-27-15/h1-7,9-11H,8H2,(H,20,26)(H,22,25). The second-order valence-electron chi connectivity index (χ2n) is 5.63. The van der Waals surface area contributed by atoms with E-state index in [1.807, 2.05) is 29.6 Å². The number of hydrogen-bond donors (Lipinski definition) is 2. The fourth-order valence-electron chi connectivity index (χ4n) is 2.39. The molecule has 0 aliphatic rings. The third kappa shape index (κ3) is 4.13. The number of thiophene rings is 1. The summed E-state index contributed by atoms with van der Waals surface area (Å²) in [5.74, 6) is -0.702. The maximum absolute atomic E-state index is 12.2. The lowest BCUT2D eigenvalue weighted by atomic mass is 10.3. The smallest absolute Gasteiger partial charge is 0.271 e. The molecule has 0 aliphatic carbocycles. The number of benzene rings is 1. The molecule has 1 aromatic carbocycles. The van der Waals surface area contributed by atoms with Gasteiger partial charge in [0, 0.05) is 11.1 Å². The van der Waals surface area contributed by atoms with Crippen molar-refractivity contribution in [3.05, 3.63) is 65.5 Å². The van der Waals surface area contributed by atoms with E-state index in [1.54, 1.807) is 39.9 Å². The van der Waals surface area contributed by atoms with Gasteiger partial charge in [-0.25, -0.2) is 14.6 Å². The molecule has 0 atom stereocenters. The summed E-state index contributed by atoms with van der Waals surface area (Å²) < 4.78 is 1.62. The highest BCUT2D eigenvalue weighted by molar-refractivity contribution is 7.20. The largest absolute Gasteiger partial charge is 0.342 e. The molecule has 4 rings (SSSR count). The Morgan fingerprint density at radius 1 is 1.11 bits per heavy atom. The molecule has 0 radical (unpaired) electrons. The fraction of sp³-hybridized carbons (Fsp3) is 0.0556. The zero-order chi connectivity index (χ0) is 19.3. The van der Waals surface area contributed by atoms with E-state index in [0.717, 1.165) is 15.6 Å². The van der Waals surface area contributed by atoms with Crippen molar-refractivity contribution < 1.29 is 9.59 Å². The quantitative estimate of drug-likeness (QED) is 0.509. The number of carbonyl (C=O) groups is 2. The first-order valence-electron chi connectivity index (χ1n) is 8.21. The zero-order valence-electron chi connectivity index (χ0n) is 14.4. The summed E-state index contributed by atoms with van der Waals surface area (Å²) >= 11 is 2.96. The van der Waals surface area contributed by atoms with Crippen LogP contribution in [0.25, 0.3) is 15.6 Å². The van der Waals surface area contributed by atoms with Crippen LogP contribution in [0.1, 0.15) is 10.5 Å². The maximum atomic E-state index is 12.2. The summed E-state index contributed by atoms with van der Waals surface area (Å²) in [7, 11) is 0. The van der Waals surface area contributed by atoms with Gasteiger partial charge in [-0.3, -0.25) is 9.59 Å². The minimum Gasteiger partial charge on any atom is -0.342 e. The van der Waals surface area contributed by atoms with Crippen molar-refractivity contribution in [2.45, 2.75) is 0 Å². The van der Waals surface area contributed by atoms with Gasteiger partial charge in [0.15, 0.2) is 0 Å². The molecule has 0 saturated carbocycles. The summed E-state index contributed by atoms with van der Waals surface area (Å²) in [4.78, 5) is 33.5. The topological polar surface area (TPSA) is 102 Å². The first-order valence-corrected chi connectivity index (χ1v) is 9.97. The Hall–Kier alpha value is -3.37. The van der Waals surface area contributed by atoms with Crippen LogP contribution in [-0.2, 0) is 4.79 Å². The Morgan fingerprint density at radius 2 is 1.96 bits per heavy atom. The van der Waals surface area contributed by atoms with Crippen LogP contribution >= 0.6 is 22.7 Å². The third-order valence-corrected chi connectivity index (χ3v) is 5.59. The van der Waals surface area contributed by atoms with Crippen molar-refractivity contribution in [3.8, 4) is 15.6 Å². The maximum Gasteiger partial charge on any atom is 0.271 e. The van der Waals surface area contributed by atoms with Gasteiger partial charge < -0.3 is 10.6 Å². The van der Waals surface area contributed by atoms with Crippen LogP contribution in [0.2, 0.25) is 0 Å². The van der Waals surface area contributed by atoms with Gasteiger partial charge in [0.25, 0.3) is 5.91 Å². The Labute approximate surface area is 167 Å². The van der Waals surface area contributed by atoms with Crippen LogP contribution in [-0.4, -0.2) is 38.1 Å². The number of anilines is 1. The van der Waals surface area contributed by atoms with Crippen molar-refractivity contribution in [3.63, 3.8) is 0 Å². The highest BCUT2D eigenvalue weighted by Gasteiger charge is 2.13. The molecule has 2 amide bonds. The molecule has 0 fully saturated rings. The zero-order valence-corrected chi connectivity index (χ0v) is 16.0. The Balaban J connectivity index is 1.30. The van der Waals surface area contributed by atoms with Crippen LogP contribution < -0.4 is 10.6 Å². The van der Waals surface area contributed by atoms with Crippen molar-refractivity contribution in [2.75, 3.05) is 11.9 Å². The number of carbonyl (C=O) groups excluding carboxylic acids is 2. The SMILES string of the molecule is O=C(CNC(=O)c1csc(-c2cccs2)n1)Nc1ccc(-n2cncn2)cc1. The van der Waals surface area contributed by atoms with E-state index in [9.17, 15) is 9.59 Å². The number of thiazole rings is 1.